The number of aromatic amines is 1. The van der Waals surface area contributed by atoms with Crippen LogP contribution in [0, 0.1) is 0 Å². The van der Waals surface area contributed by atoms with E-state index in [2.05, 4.69) is 24.9 Å². The molecule has 1 aliphatic rings. The molecular formula is C15H18F2N4O. The zero-order valence-corrected chi connectivity index (χ0v) is 12.0. The standard InChI is InChI=1S/C15H18F2N4O/c16-15(17)22-13-4-2-1-3-12(13)21-8-5-11(10-21)20-9-14-18-6-7-19-14/h1-4,6-7,11,15,20H,5,8-10H2,(H,18,19). The molecule has 0 spiro atoms. The molecule has 1 atom stereocenters. The van der Waals surface area contributed by atoms with Gasteiger partial charge in [-0.15, -0.1) is 0 Å². The molecule has 0 amide bonds. The maximum Gasteiger partial charge on any atom is 0.387 e. The van der Waals surface area contributed by atoms with E-state index >= 15 is 0 Å². The van der Waals surface area contributed by atoms with Gasteiger partial charge in [0.05, 0.1) is 12.2 Å². The fraction of sp³-hybridized carbons (Fsp3) is 0.400. The number of hydrogen-bond acceptors (Lipinski definition) is 4. The van der Waals surface area contributed by atoms with Gasteiger partial charge in [0, 0.05) is 31.5 Å². The number of hydrogen-bond donors (Lipinski definition) is 2. The molecule has 7 heteroatoms. The average Bonchev–Trinajstić information content (AvgIpc) is 3.17. The highest BCUT2D eigenvalue weighted by Crippen LogP contribution is 2.31. The average molecular weight is 308 g/mol. The number of aromatic nitrogens is 2. The van der Waals surface area contributed by atoms with Crippen LogP contribution >= 0.6 is 0 Å². The van der Waals surface area contributed by atoms with Gasteiger partial charge in [-0.2, -0.15) is 8.78 Å². The predicted octanol–water partition coefficient (Wildman–Crippen LogP) is 2.38. The smallest absolute Gasteiger partial charge is 0.387 e. The molecule has 2 aromatic rings. The van der Waals surface area contributed by atoms with Crippen LogP contribution < -0.4 is 15.0 Å². The first-order chi connectivity index (χ1) is 10.7. The molecule has 118 valence electrons. The van der Waals surface area contributed by atoms with Crippen molar-refractivity contribution >= 4 is 5.69 Å². The van der Waals surface area contributed by atoms with Crippen molar-refractivity contribution in [2.75, 3.05) is 18.0 Å². The van der Waals surface area contributed by atoms with Gasteiger partial charge in [-0.3, -0.25) is 0 Å². The first kappa shape index (κ1) is 14.8. The van der Waals surface area contributed by atoms with Crippen molar-refractivity contribution in [1.82, 2.24) is 15.3 Å². The molecule has 0 radical (unpaired) electrons. The summed E-state index contributed by atoms with van der Waals surface area (Å²) in [5, 5.41) is 3.42. The predicted molar refractivity (Wildman–Crippen MR) is 79.1 cm³/mol. The number of rotatable bonds is 6. The van der Waals surface area contributed by atoms with Gasteiger partial charge in [0.15, 0.2) is 0 Å². The van der Waals surface area contributed by atoms with Crippen molar-refractivity contribution in [3.05, 3.63) is 42.5 Å². The van der Waals surface area contributed by atoms with Crippen molar-refractivity contribution in [2.24, 2.45) is 0 Å². The number of nitrogens with one attached hydrogen (secondary N) is 2. The largest absolute Gasteiger partial charge is 0.433 e. The van der Waals surface area contributed by atoms with Gasteiger partial charge < -0.3 is 19.9 Å². The molecule has 0 saturated carbocycles. The second-order valence-corrected chi connectivity index (χ2v) is 5.19. The third-order valence-electron chi connectivity index (χ3n) is 3.72. The van der Waals surface area contributed by atoms with Gasteiger partial charge >= 0.3 is 6.61 Å². The van der Waals surface area contributed by atoms with E-state index in [1.165, 1.54) is 0 Å². The van der Waals surface area contributed by atoms with Gasteiger partial charge in [-0.05, 0) is 18.6 Å². The fourth-order valence-corrected chi connectivity index (χ4v) is 2.70. The summed E-state index contributed by atoms with van der Waals surface area (Å²) in [5.74, 6) is 1.11. The van der Waals surface area contributed by atoms with Crippen LogP contribution in [0.5, 0.6) is 5.75 Å². The molecule has 3 rings (SSSR count). The molecule has 1 aromatic heterocycles. The number of anilines is 1. The van der Waals surface area contributed by atoms with Gasteiger partial charge in [0.25, 0.3) is 0 Å². The normalized spacial score (nSPS) is 18.1. The third-order valence-corrected chi connectivity index (χ3v) is 3.72. The maximum atomic E-state index is 12.5. The number of nitrogens with zero attached hydrogens (tertiary/aromatic N) is 2. The third kappa shape index (κ3) is 3.54. The SMILES string of the molecule is FC(F)Oc1ccccc1N1CCC(NCc2ncc[nH]2)C1. The molecular weight excluding hydrogens is 290 g/mol. The summed E-state index contributed by atoms with van der Waals surface area (Å²) in [5.41, 5.74) is 0.713. The number of ether oxygens (including phenoxy) is 1. The number of para-hydroxylation sites is 2. The van der Waals surface area contributed by atoms with Crippen LogP contribution in [0.3, 0.4) is 0 Å². The number of benzene rings is 1. The Morgan fingerprint density at radius 2 is 2.27 bits per heavy atom. The van der Waals surface area contributed by atoms with Crippen molar-refractivity contribution in [2.45, 2.75) is 25.6 Å². The van der Waals surface area contributed by atoms with E-state index in [1.54, 1.807) is 24.5 Å². The lowest BCUT2D eigenvalue weighted by atomic mass is 10.2. The van der Waals surface area contributed by atoms with Crippen molar-refractivity contribution in [3.8, 4) is 5.75 Å². The monoisotopic (exact) mass is 308 g/mol. The van der Waals surface area contributed by atoms with Crippen LogP contribution in [0.4, 0.5) is 14.5 Å². The Labute approximate surface area is 127 Å². The van der Waals surface area contributed by atoms with Crippen molar-refractivity contribution in [1.29, 1.82) is 0 Å². The van der Waals surface area contributed by atoms with E-state index in [1.807, 2.05) is 12.1 Å². The van der Waals surface area contributed by atoms with Crippen LogP contribution in [0.2, 0.25) is 0 Å². The van der Waals surface area contributed by atoms with Crippen molar-refractivity contribution in [3.63, 3.8) is 0 Å². The van der Waals surface area contributed by atoms with Crippen LogP contribution in [0.1, 0.15) is 12.2 Å². The second-order valence-electron chi connectivity index (χ2n) is 5.19. The molecule has 1 aromatic carbocycles. The maximum absolute atomic E-state index is 12.5. The highest BCUT2D eigenvalue weighted by molar-refractivity contribution is 5.59. The van der Waals surface area contributed by atoms with Crippen LogP contribution in [-0.4, -0.2) is 35.7 Å². The Balaban J connectivity index is 1.60. The Morgan fingerprint density at radius 3 is 3.05 bits per heavy atom. The highest BCUT2D eigenvalue weighted by atomic mass is 19.3. The number of halogens is 2. The minimum atomic E-state index is -2.81. The zero-order chi connectivity index (χ0) is 15.4. The van der Waals surface area contributed by atoms with E-state index < -0.39 is 6.61 Å². The summed E-state index contributed by atoms with van der Waals surface area (Å²) in [7, 11) is 0. The Bertz CT molecular complexity index is 591. The van der Waals surface area contributed by atoms with Gasteiger partial charge in [0.2, 0.25) is 0 Å². The highest BCUT2D eigenvalue weighted by Gasteiger charge is 2.25. The zero-order valence-electron chi connectivity index (χ0n) is 12.0. The summed E-state index contributed by atoms with van der Waals surface area (Å²) in [6, 6.07) is 7.21. The molecule has 1 fully saturated rings. The van der Waals surface area contributed by atoms with Crippen LogP contribution in [-0.2, 0) is 6.54 Å². The molecule has 0 bridgehead atoms. The first-order valence-electron chi connectivity index (χ1n) is 7.23. The minimum Gasteiger partial charge on any atom is -0.433 e. The van der Waals surface area contributed by atoms with Crippen molar-refractivity contribution < 1.29 is 13.5 Å². The number of imidazole rings is 1. The van der Waals surface area contributed by atoms with Gasteiger partial charge in [0.1, 0.15) is 11.6 Å². The van der Waals surface area contributed by atoms with E-state index in [9.17, 15) is 8.78 Å². The molecule has 1 saturated heterocycles. The first-order valence-corrected chi connectivity index (χ1v) is 7.23. The van der Waals surface area contributed by atoms with Gasteiger partial charge in [-0.1, -0.05) is 12.1 Å². The summed E-state index contributed by atoms with van der Waals surface area (Å²) in [4.78, 5) is 9.28. The quantitative estimate of drug-likeness (QED) is 0.860. The lowest BCUT2D eigenvalue weighted by Gasteiger charge is -2.22. The lowest BCUT2D eigenvalue weighted by Crippen LogP contribution is -2.32. The Morgan fingerprint density at radius 1 is 1.41 bits per heavy atom. The number of alkyl halides is 2. The topological polar surface area (TPSA) is 53.2 Å². The van der Waals surface area contributed by atoms with E-state index in [0.717, 1.165) is 25.3 Å². The molecule has 1 aliphatic heterocycles. The summed E-state index contributed by atoms with van der Waals surface area (Å²) >= 11 is 0. The lowest BCUT2D eigenvalue weighted by molar-refractivity contribution is -0.0495. The molecule has 5 nitrogen and oxygen atoms in total. The van der Waals surface area contributed by atoms with E-state index in [-0.39, 0.29) is 5.75 Å². The molecule has 22 heavy (non-hydrogen) atoms. The second kappa shape index (κ2) is 6.74. The van der Waals surface area contributed by atoms with Crippen LogP contribution in [0.15, 0.2) is 36.7 Å². The number of H-pyrrole nitrogens is 1. The molecule has 2 heterocycles. The summed E-state index contributed by atoms with van der Waals surface area (Å²) in [6.07, 6.45) is 4.45. The molecule has 0 aliphatic carbocycles. The fourth-order valence-electron chi connectivity index (χ4n) is 2.70. The molecule has 2 N–H and O–H groups in total. The Hall–Kier alpha value is -2.15. The Kier molecular flexibility index (Phi) is 4.53. The molecule has 1 unspecified atom stereocenters. The van der Waals surface area contributed by atoms with E-state index in [0.29, 0.717) is 18.3 Å². The minimum absolute atomic E-state index is 0.226. The van der Waals surface area contributed by atoms with E-state index in [4.69, 9.17) is 0 Å². The summed E-state index contributed by atoms with van der Waals surface area (Å²) < 4.78 is 29.6. The van der Waals surface area contributed by atoms with Gasteiger partial charge in [-0.25, -0.2) is 4.98 Å². The van der Waals surface area contributed by atoms with Crippen LogP contribution in [0.25, 0.3) is 0 Å². The summed E-state index contributed by atoms with van der Waals surface area (Å²) in [6.45, 7) is -0.582.